The number of piperazine rings is 1. The van der Waals surface area contributed by atoms with Gasteiger partial charge in [-0.2, -0.15) is 9.78 Å². The molecule has 0 atom stereocenters. The van der Waals surface area contributed by atoms with E-state index in [0.29, 0.717) is 5.69 Å². The number of likely N-dealkylation sites (N-methyl/N-ethyl adjacent to an activating group) is 1. The lowest BCUT2D eigenvalue weighted by Gasteiger charge is -2.34. The van der Waals surface area contributed by atoms with Crippen LogP contribution in [-0.4, -0.2) is 54.5 Å². The highest BCUT2D eigenvalue weighted by Crippen LogP contribution is 2.23. The van der Waals surface area contributed by atoms with E-state index >= 15 is 0 Å². The molecule has 0 aliphatic carbocycles. The van der Waals surface area contributed by atoms with E-state index in [0.717, 1.165) is 56.9 Å². The average molecular weight is 341 g/mol. The van der Waals surface area contributed by atoms with Crippen LogP contribution in [0.25, 0.3) is 5.69 Å². The molecule has 0 bridgehead atoms. The molecule has 2 aromatic rings. The van der Waals surface area contributed by atoms with E-state index in [9.17, 15) is 4.79 Å². The average Bonchev–Trinajstić information content (AvgIpc) is 2.64. The Morgan fingerprint density at radius 3 is 2.52 bits per heavy atom. The van der Waals surface area contributed by atoms with Crippen LogP contribution in [0.15, 0.2) is 41.3 Å². The van der Waals surface area contributed by atoms with Gasteiger partial charge in [0, 0.05) is 32.7 Å². The minimum absolute atomic E-state index is 0.0845. The summed E-state index contributed by atoms with van der Waals surface area (Å²) < 4.78 is 1.48. The molecule has 2 heterocycles. The van der Waals surface area contributed by atoms with Gasteiger partial charge in [0.15, 0.2) is 0 Å². The van der Waals surface area contributed by atoms with Crippen molar-refractivity contribution in [2.75, 3.05) is 50.0 Å². The zero-order chi connectivity index (χ0) is 17.6. The highest BCUT2D eigenvalue weighted by atomic mass is 16.1. The summed E-state index contributed by atoms with van der Waals surface area (Å²) in [7, 11) is 2.13. The number of hydrogen-bond acceptors (Lipinski definition) is 5. The number of nitrogens with zero attached hydrogens (tertiary/aromatic N) is 4. The first-order valence-corrected chi connectivity index (χ1v) is 9.06. The van der Waals surface area contributed by atoms with Crippen molar-refractivity contribution < 1.29 is 0 Å². The first kappa shape index (κ1) is 17.5. The third-order valence-electron chi connectivity index (χ3n) is 4.63. The van der Waals surface area contributed by atoms with Crippen molar-refractivity contribution in [1.29, 1.82) is 0 Å². The van der Waals surface area contributed by atoms with Crippen LogP contribution in [0, 0.1) is 0 Å². The Morgan fingerprint density at radius 2 is 1.84 bits per heavy atom. The SMILES string of the molecule is CCCCNc1c(N2CCN(C)CC2)cnn(-c2ccccc2)c1=O. The molecule has 0 radical (unpaired) electrons. The summed E-state index contributed by atoms with van der Waals surface area (Å²) >= 11 is 0. The molecular weight excluding hydrogens is 314 g/mol. The van der Waals surface area contributed by atoms with Crippen molar-refractivity contribution in [2.45, 2.75) is 19.8 Å². The van der Waals surface area contributed by atoms with Gasteiger partial charge in [-0.15, -0.1) is 0 Å². The number of nitrogens with one attached hydrogen (secondary N) is 1. The van der Waals surface area contributed by atoms with E-state index in [1.54, 1.807) is 0 Å². The van der Waals surface area contributed by atoms with Crippen LogP contribution in [0.5, 0.6) is 0 Å². The molecular formula is C19H27N5O. The third-order valence-corrected chi connectivity index (χ3v) is 4.63. The van der Waals surface area contributed by atoms with E-state index in [2.05, 4.69) is 34.2 Å². The molecule has 6 nitrogen and oxygen atoms in total. The maximum Gasteiger partial charge on any atom is 0.296 e. The number of aromatic nitrogens is 2. The Hall–Kier alpha value is -2.34. The van der Waals surface area contributed by atoms with Crippen molar-refractivity contribution >= 4 is 11.4 Å². The molecule has 0 saturated carbocycles. The van der Waals surface area contributed by atoms with Gasteiger partial charge in [-0.05, 0) is 25.6 Å². The highest BCUT2D eigenvalue weighted by molar-refractivity contribution is 5.68. The Bertz CT molecular complexity index is 735. The third kappa shape index (κ3) is 4.02. The molecule has 1 aliphatic heterocycles. The Morgan fingerprint density at radius 1 is 1.12 bits per heavy atom. The van der Waals surface area contributed by atoms with Crippen LogP contribution in [0.2, 0.25) is 0 Å². The molecule has 1 aromatic carbocycles. The maximum absolute atomic E-state index is 13.1. The Labute approximate surface area is 149 Å². The number of anilines is 2. The zero-order valence-electron chi connectivity index (χ0n) is 15.1. The molecule has 3 rings (SSSR count). The summed E-state index contributed by atoms with van der Waals surface area (Å²) in [6.45, 7) is 6.76. The fourth-order valence-electron chi connectivity index (χ4n) is 3.04. The van der Waals surface area contributed by atoms with Gasteiger partial charge in [0.2, 0.25) is 0 Å². The summed E-state index contributed by atoms with van der Waals surface area (Å²) in [6.07, 6.45) is 3.96. The van der Waals surface area contributed by atoms with E-state index in [-0.39, 0.29) is 5.56 Å². The van der Waals surface area contributed by atoms with Gasteiger partial charge in [0.25, 0.3) is 5.56 Å². The molecule has 25 heavy (non-hydrogen) atoms. The van der Waals surface area contributed by atoms with Gasteiger partial charge >= 0.3 is 0 Å². The molecule has 0 unspecified atom stereocenters. The normalized spacial score (nSPS) is 15.4. The van der Waals surface area contributed by atoms with Gasteiger partial charge < -0.3 is 15.1 Å². The molecule has 1 saturated heterocycles. The van der Waals surface area contributed by atoms with E-state index < -0.39 is 0 Å². The Kier molecular flexibility index (Phi) is 5.71. The van der Waals surface area contributed by atoms with E-state index in [4.69, 9.17) is 0 Å². The number of para-hydroxylation sites is 1. The summed E-state index contributed by atoms with van der Waals surface area (Å²) in [5.41, 5.74) is 2.29. The highest BCUT2D eigenvalue weighted by Gasteiger charge is 2.20. The topological polar surface area (TPSA) is 53.4 Å². The van der Waals surface area contributed by atoms with Crippen LogP contribution < -0.4 is 15.8 Å². The van der Waals surface area contributed by atoms with Crippen LogP contribution in [0.1, 0.15) is 19.8 Å². The molecule has 0 amide bonds. The molecule has 1 N–H and O–H groups in total. The van der Waals surface area contributed by atoms with Gasteiger partial charge in [-0.1, -0.05) is 31.5 Å². The van der Waals surface area contributed by atoms with Crippen LogP contribution in [-0.2, 0) is 0 Å². The lowest BCUT2D eigenvalue weighted by atomic mass is 10.2. The van der Waals surface area contributed by atoms with Gasteiger partial charge in [0.05, 0.1) is 17.6 Å². The van der Waals surface area contributed by atoms with Gasteiger partial charge in [0.1, 0.15) is 5.69 Å². The molecule has 0 spiro atoms. The molecule has 1 fully saturated rings. The van der Waals surface area contributed by atoms with Crippen molar-refractivity contribution in [1.82, 2.24) is 14.7 Å². The first-order chi connectivity index (χ1) is 12.2. The van der Waals surface area contributed by atoms with E-state index in [1.165, 1.54) is 4.68 Å². The van der Waals surface area contributed by atoms with Crippen LogP contribution in [0.4, 0.5) is 11.4 Å². The van der Waals surface area contributed by atoms with Crippen LogP contribution in [0.3, 0.4) is 0 Å². The lowest BCUT2D eigenvalue weighted by molar-refractivity contribution is 0.313. The number of hydrogen-bond donors (Lipinski definition) is 1. The second-order valence-corrected chi connectivity index (χ2v) is 6.53. The summed E-state index contributed by atoms with van der Waals surface area (Å²) in [6, 6.07) is 9.58. The second kappa shape index (κ2) is 8.16. The monoisotopic (exact) mass is 341 g/mol. The van der Waals surface area contributed by atoms with Crippen molar-refractivity contribution in [3.8, 4) is 5.69 Å². The van der Waals surface area contributed by atoms with Gasteiger partial charge in [-0.3, -0.25) is 4.79 Å². The minimum Gasteiger partial charge on any atom is -0.379 e. The van der Waals surface area contributed by atoms with E-state index in [1.807, 2.05) is 36.5 Å². The van der Waals surface area contributed by atoms with Crippen LogP contribution >= 0.6 is 0 Å². The largest absolute Gasteiger partial charge is 0.379 e. The standard InChI is InChI=1S/C19H27N5O/c1-3-4-10-20-18-17(23-13-11-22(2)12-14-23)15-21-24(19(18)25)16-8-6-5-7-9-16/h5-9,15,20H,3-4,10-14H2,1-2H3. The predicted octanol–water partition coefficient (Wildman–Crippen LogP) is 2.20. The Balaban J connectivity index is 1.97. The quantitative estimate of drug-likeness (QED) is 0.817. The van der Waals surface area contributed by atoms with Crippen molar-refractivity contribution in [3.05, 3.63) is 46.9 Å². The molecule has 134 valence electrons. The summed E-state index contributed by atoms with van der Waals surface area (Å²) in [5.74, 6) is 0. The molecule has 1 aromatic heterocycles. The second-order valence-electron chi connectivity index (χ2n) is 6.53. The summed E-state index contributed by atoms with van der Waals surface area (Å²) in [4.78, 5) is 17.7. The first-order valence-electron chi connectivity index (χ1n) is 9.06. The van der Waals surface area contributed by atoms with Crippen molar-refractivity contribution in [3.63, 3.8) is 0 Å². The van der Waals surface area contributed by atoms with Crippen molar-refractivity contribution in [2.24, 2.45) is 0 Å². The van der Waals surface area contributed by atoms with Gasteiger partial charge in [-0.25, -0.2) is 0 Å². The zero-order valence-corrected chi connectivity index (χ0v) is 15.1. The number of rotatable bonds is 6. The summed E-state index contributed by atoms with van der Waals surface area (Å²) in [5, 5.41) is 7.81. The number of unbranched alkanes of at least 4 members (excludes halogenated alkanes) is 1. The molecule has 6 heteroatoms. The minimum atomic E-state index is -0.0845. The predicted molar refractivity (Wildman–Crippen MR) is 103 cm³/mol. The fraction of sp³-hybridized carbons (Fsp3) is 0.474. The fourth-order valence-corrected chi connectivity index (χ4v) is 3.04. The smallest absolute Gasteiger partial charge is 0.296 e. The maximum atomic E-state index is 13.1. The molecule has 1 aliphatic rings. The number of benzene rings is 1. The lowest BCUT2D eigenvalue weighted by Crippen LogP contribution is -2.45.